The van der Waals surface area contributed by atoms with E-state index in [0.717, 1.165) is 5.56 Å². The Kier molecular flexibility index (Phi) is 5.00. The highest BCUT2D eigenvalue weighted by Crippen LogP contribution is 2.42. The molecule has 2 aromatic rings. The van der Waals surface area contributed by atoms with E-state index in [2.05, 4.69) is 10.3 Å². The molecule has 0 aliphatic heterocycles. The van der Waals surface area contributed by atoms with Gasteiger partial charge < -0.3 is 10.4 Å². The first-order valence-corrected chi connectivity index (χ1v) is 8.63. The van der Waals surface area contributed by atoms with E-state index in [1.54, 1.807) is 18.2 Å². The number of amides is 1. The molecule has 132 valence electrons. The van der Waals surface area contributed by atoms with E-state index in [1.165, 1.54) is 12.3 Å². The second kappa shape index (κ2) is 6.90. The van der Waals surface area contributed by atoms with Crippen molar-refractivity contribution in [1.29, 1.82) is 0 Å². The van der Waals surface area contributed by atoms with Crippen LogP contribution in [0.25, 0.3) is 0 Å². The van der Waals surface area contributed by atoms with Crippen LogP contribution in [0, 0.1) is 6.92 Å². The van der Waals surface area contributed by atoms with Crippen LogP contribution in [0.3, 0.4) is 0 Å². The Morgan fingerprint density at radius 1 is 1.48 bits per heavy atom. The maximum absolute atomic E-state index is 15.5. The van der Waals surface area contributed by atoms with Gasteiger partial charge in [0.25, 0.3) is 5.91 Å². The first kappa shape index (κ1) is 18.1. The first-order chi connectivity index (χ1) is 11.8. The van der Waals surface area contributed by atoms with Crippen LogP contribution >= 0.6 is 23.2 Å². The second-order valence-electron chi connectivity index (χ2n) is 6.16. The average Bonchev–Trinajstić information content (AvgIpc) is 2.57. The summed E-state index contributed by atoms with van der Waals surface area (Å²) in [6.07, 6.45) is 0.643. The Bertz CT molecular complexity index is 807. The van der Waals surface area contributed by atoms with Crippen molar-refractivity contribution in [2.75, 3.05) is 0 Å². The number of fused-ring (bicyclic) bond motifs is 1. The van der Waals surface area contributed by atoms with E-state index in [4.69, 9.17) is 23.2 Å². The van der Waals surface area contributed by atoms with E-state index in [9.17, 15) is 9.90 Å². The van der Waals surface area contributed by atoms with Crippen molar-refractivity contribution in [3.05, 3.63) is 62.9 Å². The summed E-state index contributed by atoms with van der Waals surface area (Å²) in [4.78, 5) is 16.6. The number of nitrogens with zero attached hydrogens (tertiary/aromatic N) is 1. The van der Waals surface area contributed by atoms with Gasteiger partial charge in [0.05, 0.1) is 11.8 Å². The maximum Gasteiger partial charge on any atom is 0.262 e. The van der Waals surface area contributed by atoms with Gasteiger partial charge in [-0.3, -0.25) is 9.78 Å². The zero-order valence-corrected chi connectivity index (χ0v) is 15.0. The smallest absolute Gasteiger partial charge is 0.262 e. The van der Waals surface area contributed by atoms with Gasteiger partial charge in [-0.1, -0.05) is 29.3 Å². The van der Waals surface area contributed by atoms with E-state index in [0.29, 0.717) is 15.6 Å². The largest absolute Gasteiger partial charge is 0.387 e. The van der Waals surface area contributed by atoms with Gasteiger partial charge in [0.15, 0.2) is 0 Å². The third-order valence-electron chi connectivity index (χ3n) is 4.51. The molecule has 2 atom stereocenters. The Balaban J connectivity index is 1.84. The first-order valence-electron chi connectivity index (χ1n) is 7.88. The minimum Gasteiger partial charge on any atom is -0.387 e. The van der Waals surface area contributed by atoms with Gasteiger partial charge in [-0.2, -0.15) is 0 Å². The van der Waals surface area contributed by atoms with Crippen LogP contribution in [-0.2, 0) is 17.0 Å². The van der Waals surface area contributed by atoms with Crippen LogP contribution in [0.5, 0.6) is 0 Å². The molecule has 0 saturated carbocycles. The number of nitrogens with one attached hydrogen (secondary N) is 1. The Morgan fingerprint density at radius 3 is 2.96 bits per heavy atom. The van der Waals surface area contributed by atoms with Crippen LogP contribution < -0.4 is 5.32 Å². The molecular formula is C18H17Cl2FN2O2. The Hall–Kier alpha value is -1.69. The van der Waals surface area contributed by atoms with E-state index < -0.39 is 17.7 Å². The summed E-state index contributed by atoms with van der Waals surface area (Å²) < 4.78 is 15.5. The number of aliphatic hydroxyl groups is 1. The van der Waals surface area contributed by atoms with Gasteiger partial charge in [-0.05, 0) is 49.1 Å². The number of hydrogen-bond donors (Lipinski definition) is 2. The normalized spacial score (nSPS) is 22.4. The van der Waals surface area contributed by atoms with E-state index in [-0.39, 0.29) is 30.6 Å². The number of benzene rings is 1. The molecule has 7 heteroatoms. The molecule has 0 fully saturated rings. The van der Waals surface area contributed by atoms with Crippen LogP contribution in [0.1, 0.15) is 41.3 Å². The van der Waals surface area contributed by atoms with E-state index >= 15 is 4.39 Å². The number of carbonyl (C=O) groups is 1. The molecule has 0 radical (unpaired) electrons. The van der Waals surface area contributed by atoms with Crippen LogP contribution in [0.2, 0.25) is 10.0 Å². The lowest BCUT2D eigenvalue weighted by Crippen LogP contribution is -2.44. The molecule has 2 N–H and O–H groups in total. The van der Waals surface area contributed by atoms with Gasteiger partial charge in [-0.25, -0.2) is 4.39 Å². The van der Waals surface area contributed by atoms with Crippen LogP contribution in [-0.4, -0.2) is 16.0 Å². The molecule has 0 saturated heterocycles. The molecule has 1 aromatic heterocycles. The van der Waals surface area contributed by atoms with Crippen molar-refractivity contribution < 1.29 is 14.3 Å². The minimum atomic E-state index is -2.23. The monoisotopic (exact) mass is 382 g/mol. The highest BCUT2D eigenvalue weighted by Gasteiger charge is 2.46. The van der Waals surface area contributed by atoms with Crippen molar-refractivity contribution >= 4 is 29.1 Å². The van der Waals surface area contributed by atoms with Gasteiger partial charge in [-0.15, -0.1) is 0 Å². The van der Waals surface area contributed by atoms with Crippen LogP contribution in [0.4, 0.5) is 4.39 Å². The molecule has 1 amide bonds. The highest BCUT2D eigenvalue weighted by molar-refractivity contribution is 6.35. The number of alkyl halides is 1. The number of pyridine rings is 1. The quantitative estimate of drug-likeness (QED) is 0.842. The van der Waals surface area contributed by atoms with Crippen LogP contribution in [0.15, 0.2) is 30.5 Å². The number of aliphatic hydroxyl groups excluding tert-OH is 1. The number of halogens is 3. The summed E-state index contributed by atoms with van der Waals surface area (Å²) in [6, 6.07) is 6.36. The fraction of sp³-hybridized carbons (Fsp3) is 0.333. The fourth-order valence-corrected chi connectivity index (χ4v) is 3.79. The lowest BCUT2D eigenvalue weighted by Gasteiger charge is -2.32. The third kappa shape index (κ3) is 3.36. The zero-order chi connectivity index (χ0) is 18.2. The lowest BCUT2D eigenvalue weighted by atomic mass is 9.81. The number of hydrogen-bond acceptors (Lipinski definition) is 3. The summed E-state index contributed by atoms with van der Waals surface area (Å²) in [6.45, 7) is 1.91. The van der Waals surface area contributed by atoms with Crippen molar-refractivity contribution in [2.24, 2.45) is 0 Å². The van der Waals surface area contributed by atoms with Gasteiger partial charge >= 0.3 is 0 Å². The summed E-state index contributed by atoms with van der Waals surface area (Å²) >= 11 is 12.1. The highest BCUT2D eigenvalue weighted by atomic mass is 35.5. The zero-order valence-electron chi connectivity index (χ0n) is 13.5. The third-order valence-corrected chi connectivity index (χ3v) is 5.07. The molecular weight excluding hydrogens is 366 g/mol. The van der Waals surface area contributed by atoms with Gasteiger partial charge in [0, 0.05) is 28.4 Å². The number of rotatable bonds is 3. The summed E-state index contributed by atoms with van der Waals surface area (Å²) in [5.74, 6) is -0.765. The molecule has 4 nitrogen and oxygen atoms in total. The topological polar surface area (TPSA) is 62.2 Å². The van der Waals surface area contributed by atoms with Gasteiger partial charge in [0.2, 0.25) is 5.67 Å². The molecule has 0 bridgehead atoms. The standard InChI is InChI=1S/C18H17Cl2FN2O2/c1-10-7-11(19)8-14(20)12(10)9-23-17(25)18(21)5-4-15(24)16-13(18)3-2-6-22-16/h2-3,6-8,15,24H,4-5,9H2,1H3,(H,23,25)/t15-,18+/m0/s1. The molecule has 1 aromatic carbocycles. The van der Waals surface area contributed by atoms with E-state index in [1.807, 2.05) is 6.92 Å². The molecule has 3 rings (SSSR count). The van der Waals surface area contributed by atoms with Gasteiger partial charge in [0.1, 0.15) is 0 Å². The average molecular weight is 383 g/mol. The second-order valence-corrected chi connectivity index (χ2v) is 7.00. The number of carbonyl (C=O) groups excluding carboxylic acids is 1. The Morgan fingerprint density at radius 2 is 2.24 bits per heavy atom. The van der Waals surface area contributed by atoms with Crippen molar-refractivity contribution in [3.63, 3.8) is 0 Å². The minimum absolute atomic E-state index is 0.0878. The molecule has 1 aliphatic carbocycles. The molecule has 0 spiro atoms. The predicted molar refractivity (Wildman–Crippen MR) is 94.3 cm³/mol. The summed E-state index contributed by atoms with van der Waals surface area (Å²) in [7, 11) is 0. The fourth-order valence-electron chi connectivity index (χ4n) is 3.13. The van der Waals surface area contributed by atoms with Crippen molar-refractivity contribution in [2.45, 2.75) is 38.1 Å². The SMILES string of the molecule is Cc1cc(Cl)cc(Cl)c1CNC(=O)[C@@]1(F)CC[C@H](O)c2ncccc21. The number of aryl methyl sites for hydroxylation is 1. The summed E-state index contributed by atoms with van der Waals surface area (Å²) in [5.41, 5.74) is -0.398. The number of aromatic nitrogens is 1. The molecule has 25 heavy (non-hydrogen) atoms. The summed E-state index contributed by atoms with van der Waals surface area (Å²) in [5, 5.41) is 13.5. The van der Waals surface area contributed by atoms with Crippen molar-refractivity contribution in [1.82, 2.24) is 10.3 Å². The maximum atomic E-state index is 15.5. The lowest BCUT2D eigenvalue weighted by molar-refractivity contribution is -0.135. The molecule has 0 unspecified atom stereocenters. The predicted octanol–water partition coefficient (Wildman–Crippen LogP) is 4.01. The Labute approximate surface area is 155 Å². The molecule has 1 heterocycles. The van der Waals surface area contributed by atoms with Crippen molar-refractivity contribution in [3.8, 4) is 0 Å². The molecule has 1 aliphatic rings.